The largest absolute Gasteiger partial charge is 0.466 e. The van der Waals surface area contributed by atoms with Crippen molar-refractivity contribution in [2.75, 3.05) is 31.1 Å². The third-order valence-electron chi connectivity index (χ3n) is 5.06. The van der Waals surface area contributed by atoms with E-state index in [4.69, 9.17) is 4.42 Å². The van der Waals surface area contributed by atoms with Crippen molar-refractivity contribution in [2.45, 2.75) is 32.1 Å². The van der Waals surface area contributed by atoms with Crippen molar-refractivity contribution in [1.82, 2.24) is 9.88 Å². The predicted octanol–water partition coefficient (Wildman–Crippen LogP) is 3.14. The Bertz CT molecular complexity index is 689. The maximum atomic E-state index is 12.4. The number of aryl methyl sites for hydroxylation is 1. The first kappa shape index (κ1) is 15.7. The summed E-state index contributed by atoms with van der Waals surface area (Å²) in [6.07, 6.45) is 4.30. The third-order valence-corrected chi connectivity index (χ3v) is 5.90. The van der Waals surface area contributed by atoms with E-state index in [-0.39, 0.29) is 5.91 Å². The van der Waals surface area contributed by atoms with E-state index in [1.165, 1.54) is 6.42 Å². The molecule has 128 valence electrons. The van der Waals surface area contributed by atoms with Crippen LogP contribution in [0.15, 0.2) is 28.1 Å². The van der Waals surface area contributed by atoms with Crippen molar-refractivity contribution in [2.24, 2.45) is 5.92 Å². The van der Waals surface area contributed by atoms with Crippen molar-refractivity contribution in [1.29, 1.82) is 0 Å². The molecule has 1 aliphatic carbocycles. The lowest BCUT2D eigenvalue weighted by molar-refractivity contribution is -0.131. The van der Waals surface area contributed by atoms with Gasteiger partial charge < -0.3 is 14.2 Å². The second-order valence-electron chi connectivity index (χ2n) is 6.81. The van der Waals surface area contributed by atoms with Gasteiger partial charge in [-0.05, 0) is 24.5 Å². The molecule has 2 atom stereocenters. The minimum absolute atomic E-state index is 0.228. The van der Waals surface area contributed by atoms with Gasteiger partial charge in [0.1, 0.15) is 11.5 Å². The number of rotatable bonds is 5. The van der Waals surface area contributed by atoms with Gasteiger partial charge in [0.25, 0.3) is 0 Å². The molecule has 0 unspecified atom stereocenters. The fraction of sp³-hybridized carbons (Fsp3) is 0.556. The van der Waals surface area contributed by atoms with Crippen LogP contribution < -0.4 is 4.90 Å². The molecule has 0 aromatic carbocycles. The number of thiazole rings is 1. The Kier molecular flexibility index (Phi) is 4.31. The molecule has 1 saturated heterocycles. The summed E-state index contributed by atoms with van der Waals surface area (Å²) in [7, 11) is 0. The van der Waals surface area contributed by atoms with Crippen molar-refractivity contribution in [3.05, 3.63) is 35.2 Å². The smallest absolute Gasteiger partial charge is 0.223 e. The molecule has 2 aromatic heterocycles. The zero-order valence-electron chi connectivity index (χ0n) is 14.0. The van der Waals surface area contributed by atoms with Crippen LogP contribution >= 0.6 is 11.3 Å². The number of nitrogens with zero attached hydrogens (tertiary/aromatic N) is 3. The van der Waals surface area contributed by atoms with E-state index < -0.39 is 0 Å². The molecule has 2 aliphatic rings. The summed E-state index contributed by atoms with van der Waals surface area (Å²) in [4.78, 5) is 21.0. The fourth-order valence-electron chi connectivity index (χ4n) is 3.35. The first-order chi connectivity index (χ1) is 11.7. The monoisotopic (exact) mass is 345 g/mol. The van der Waals surface area contributed by atoms with E-state index in [1.807, 2.05) is 22.5 Å². The molecular formula is C18H23N3O2S. The number of hydrogen-bond acceptors (Lipinski definition) is 5. The SMILES string of the molecule is C[C@H]1C[C@H]1c1ccc(CCC(=O)N2CCN(c3nccs3)CC2)o1. The lowest BCUT2D eigenvalue weighted by Crippen LogP contribution is -2.48. The Morgan fingerprint density at radius 2 is 2.12 bits per heavy atom. The second kappa shape index (κ2) is 6.59. The molecule has 1 amide bonds. The van der Waals surface area contributed by atoms with Gasteiger partial charge >= 0.3 is 0 Å². The molecule has 2 aromatic rings. The summed E-state index contributed by atoms with van der Waals surface area (Å²) >= 11 is 1.66. The Morgan fingerprint density at radius 3 is 2.79 bits per heavy atom. The van der Waals surface area contributed by atoms with Crippen LogP contribution in [-0.4, -0.2) is 42.0 Å². The quantitative estimate of drug-likeness (QED) is 0.835. The number of furan rings is 1. The highest BCUT2D eigenvalue weighted by molar-refractivity contribution is 7.13. The summed E-state index contributed by atoms with van der Waals surface area (Å²) in [5.41, 5.74) is 0. The van der Waals surface area contributed by atoms with Gasteiger partial charge in [0.2, 0.25) is 5.91 Å². The highest BCUT2D eigenvalue weighted by Crippen LogP contribution is 2.47. The van der Waals surface area contributed by atoms with Crippen molar-refractivity contribution >= 4 is 22.4 Å². The van der Waals surface area contributed by atoms with Crippen LogP contribution in [-0.2, 0) is 11.2 Å². The minimum atomic E-state index is 0.228. The number of aromatic nitrogens is 1. The van der Waals surface area contributed by atoms with Gasteiger partial charge in [-0.1, -0.05) is 6.92 Å². The van der Waals surface area contributed by atoms with E-state index >= 15 is 0 Å². The van der Waals surface area contributed by atoms with Crippen LogP contribution in [0.5, 0.6) is 0 Å². The normalized spacial score (nSPS) is 23.5. The summed E-state index contributed by atoms with van der Waals surface area (Å²) < 4.78 is 5.90. The van der Waals surface area contributed by atoms with Gasteiger partial charge in [0.15, 0.2) is 5.13 Å². The van der Waals surface area contributed by atoms with Crippen molar-refractivity contribution in [3.63, 3.8) is 0 Å². The lowest BCUT2D eigenvalue weighted by Gasteiger charge is -2.34. The van der Waals surface area contributed by atoms with Crippen LogP contribution in [0.25, 0.3) is 0 Å². The Labute approximate surface area is 146 Å². The number of amides is 1. The van der Waals surface area contributed by atoms with E-state index in [0.29, 0.717) is 18.8 Å². The third kappa shape index (κ3) is 3.34. The van der Waals surface area contributed by atoms with E-state index in [0.717, 1.165) is 48.7 Å². The van der Waals surface area contributed by atoms with E-state index in [9.17, 15) is 4.79 Å². The number of anilines is 1. The standard InChI is InChI=1S/C18H23N3O2S/c1-13-12-15(13)16-4-2-14(23-16)3-5-17(22)20-7-9-21(10-8-20)18-19-6-11-24-18/h2,4,6,11,13,15H,3,5,7-10,12H2,1H3/t13-,15+/m0/s1. The molecule has 24 heavy (non-hydrogen) atoms. The summed E-state index contributed by atoms with van der Waals surface area (Å²) in [6.45, 7) is 5.54. The highest BCUT2D eigenvalue weighted by Gasteiger charge is 2.36. The number of carbonyl (C=O) groups is 1. The maximum Gasteiger partial charge on any atom is 0.223 e. The second-order valence-corrected chi connectivity index (χ2v) is 7.68. The van der Waals surface area contributed by atoms with Crippen molar-refractivity contribution < 1.29 is 9.21 Å². The van der Waals surface area contributed by atoms with E-state index in [1.54, 1.807) is 11.3 Å². The number of piperazine rings is 1. The van der Waals surface area contributed by atoms with Crippen LogP contribution in [0.1, 0.15) is 37.2 Å². The molecule has 1 saturated carbocycles. The fourth-order valence-corrected chi connectivity index (χ4v) is 4.05. The van der Waals surface area contributed by atoms with Crippen LogP contribution in [0.3, 0.4) is 0 Å². The molecule has 0 spiro atoms. The molecule has 5 nitrogen and oxygen atoms in total. The summed E-state index contributed by atoms with van der Waals surface area (Å²) in [5, 5.41) is 3.05. The minimum Gasteiger partial charge on any atom is -0.466 e. The van der Waals surface area contributed by atoms with Gasteiger partial charge in [0.05, 0.1) is 0 Å². The Morgan fingerprint density at radius 1 is 1.33 bits per heavy atom. The molecule has 0 radical (unpaired) electrons. The molecule has 6 heteroatoms. The predicted molar refractivity (Wildman–Crippen MR) is 94.5 cm³/mol. The van der Waals surface area contributed by atoms with E-state index in [2.05, 4.69) is 22.9 Å². The van der Waals surface area contributed by atoms with Crippen LogP contribution in [0, 0.1) is 5.92 Å². The number of carbonyl (C=O) groups excluding carboxylic acids is 1. The first-order valence-corrected chi connectivity index (χ1v) is 9.59. The molecule has 3 heterocycles. The summed E-state index contributed by atoms with van der Waals surface area (Å²) in [6, 6.07) is 4.12. The molecular weight excluding hydrogens is 322 g/mol. The molecule has 0 N–H and O–H groups in total. The van der Waals surface area contributed by atoms with Gasteiger partial charge in [-0.2, -0.15) is 0 Å². The average molecular weight is 345 g/mol. The number of hydrogen-bond donors (Lipinski definition) is 0. The molecule has 2 fully saturated rings. The first-order valence-electron chi connectivity index (χ1n) is 8.71. The zero-order valence-corrected chi connectivity index (χ0v) is 14.8. The summed E-state index contributed by atoms with van der Waals surface area (Å²) in [5.74, 6) is 3.63. The van der Waals surface area contributed by atoms with Crippen LogP contribution in [0.4, 0.5) is 5.13 Å². The van der Waals surface area contributed by atoms with Crippen molar-refractivity contribution in [3.8, 4) is 0 Å². The van der Waals surface area contributed by atoms with Gasteiger partial charge in [0, 0.05) is 56.5 Å². The molecule has 0 bridgehead atoms. The Hall–Kier alpha value is -1.82. The lowest BCUT2D eigenvalue weighted by atomic mass is 10.2. The van der Waals surface area contributed by atoms with Gasteiger partial charge in [-0.25, -0.2) is 4.98 Å². The average Bonchev–Trinajstić information content (AvgIpc) is 3.04. The maximum absolute atomic E-state index is 12.4. The molecule has 4 rings (SSSR count). The highest BCUT2D eigenvalue weighted by atomic mass is 32.1. The van der Waals surface area contributed by atoms with Gasteiger partial charge in [-0.15, -0.1) is 11.3 Å². The molecule has 1 aliphatic heterocycles. The Balaban J connectivity index is 1.24. The zero-order chi connectivity index (χ0) is 16.5. The topological polar surface area (TPSA) is 49.6 Å². The van der Waals surface area contributed by atoms with Crippen LogP contribution in [0.2, 0.25) is 0 Å². The van der Waals surface area contributed by atoms with Gasteiger partial charge in [-0.3, -0.25) is 4.79 Å².